The monoisotopic (exact) mass is 390 g/mol. The Morgan fingerprint density at radius 1 is 0.885 bits per heavy atom. The van der Waals surface area contributed by atoms with Gasteiger partial charge in [0, 0.05) is 15.7 Å². The molecule has 0 atom stereocenters. The number of nitrogens with one attached hydrogen (secondary N) is 3. The van der Waals surface area contributed by atoms with Crippen molar-refractivity contribution in [1.29, 1.82) is 0 Å². The molecule has 26 heavy (non-hydrogen) atoms. The van der Waals surface area contributed by atoms with Crippen LogP contribution in [0, 0.1) is 10.1 Å². The maximum Gasteiger partial charge on any atom is 0.355 e. The van der Waals surface area contributed by atoms with Crippen LogP contribution in [0.15, 0.2) is 54.9 Å². The van der Waals surface area contributed by atoms with Crippen LogP contribution in [0.5, 0.6) is 0 Å². The summed E-state index contributed by atoms with van der Waals surface area (Å²) in [6, 6.07) is 13.8. The fourth-order valence-electron chi connectivity index (χ4n) is 2.15. The van der Waals surface area contributed by atoms with E-state index in [0.29, 0.717) is 15.7 Å². The number of rotatable bonds is 6. The summed E-state index contributed by atoms with van der Waals surface area (Å²) in [7, 11) is 0. The molecule has 1 heterocycles. The van der Waals surface area contributed by atoms with Gasteiger partial charge in [0.1, 0.15) is 6.33 Å². The minimum Gasteiger partial charge on any atom is -0.334 e. The molecule has 3 N–H and O–H groups in total. The topological polar surface area (TPSA) is 105 Å². The smallest absolute Gasteiger partial charge is 0.334 e. The Morgan fingerprint density at radius 2 is 1.54 bits per heavy atom. The Kier molecular flexibility index (Phi) is 5.35. The molecule has 0 saturated heterocycles. The van der Waals surface area contributed by atoms with Crippen LogP contribution in [0.2, 0.25) is 10.0 Å². The lowest BCUT2D eigenvalue weighted by Crippen LogP contribution is -2.13. The summed E-state index contributed by atoms with van der Waals surface area (Å²) in [6.45, 7) is 0. The molecule has 0 fully saturated rings. The zero-order chi connectivity index (χ0) is 18.5. The predicted octanol–water partition coefficient (Wildman–Crippen LogP) is 4.87. The summed E-state index contributed by atoms with van der Waals surface area (Å²) in [5.74, 6) is 0.00479. The van der Waals surface area contributed by atoms with Crippen LogP contribution in [0.3, 0.4) is 0 Å². The Balaban J connectivity index is 1.89. The molecule has 10 heteroatoms. The molecular formula is C16H12Cl2N6O2. The Labute approximate surface area is 158 Å². The Morgan fingerprint density at radius 3 is 2.19 bits per heavy atom. The number of hydrogen-bond donors (Lipinski definition) is 3. The third-order valence-electron chi connectivity index (χ3n) is 3.23. The van der Waals surface area contributed by atoms with Crippen molar-refractivity contribution in [2.75, 3.05) is 16.2 Å². The molecule has 3 rings (SSSR count). The second kappa shape index (κ2) is 7.85. The summed E-state index contributed by atoms with van der Waals surface area (Å²) < 4.78 is 0. The van der Waals surface area contributed by atoms with E-state index < -0.39 is 4.92 Å². The van der Waals surface area contributed by atoms with Crippen LogP contribution in [0.1, 0.15) is 0 Å². The zero-order valence-corrected chi connectivity index (χ0v) is 14.6. The molecule has 0 unspecified atom stereocenters. The van der Waals surface area contributed by atoms with Crippen LogP contribution in [-0.4, -0.2) is 14.9 Å². The highest BCUT2D eigenvalue weighted by atomic mass is 35.5. The largest absolute Gasteiger partial charge is 0.355 e. The van der Waals surface area contributed by atoms with Gasteiger partial charge < -0.3 is 5.32 Å². The van der Waals surface area contributed by atoms with Crippen molar-refractivity contribution in [2.45, 2.75) is 0 Å². The van der Waals surface area contributed by atoms with Gasteiger partial charge in [-0.05, 0) is 30.3 Å². The first-order valence-corrected chi connectivity index (χ1v) is 8.08. The quantitative estimate of drug-likeness (QED) is 0.407. The minimum absolute atomic E-state index is 0.000644. The van der Waals surface area contributed by atoms with E-state index in [0.717, 1.165) is 5.69 Å². The van der Waals surface area contributed by atoms with E-state index in [9.17, 15) is 10.1 Å². The molecule has 1 aromatic heterocycles. The number of anilines is 4. The van der Waals surface area contributed by atoms with Gasteiger partial charge in [-0.2, -0.15) is 0 Å². The summed E-state index contributed by atoms with van der Waals surface area (Å²) in [5, 5.41) is 15.2. The summed E-state index contributed by atoms with van der Waals surface area (Å²) in [5.41, 5.74) is 6.43. The third-order valence-corrected chi connectivity index (χ3v) is 3.67. The van der Waals surface area contributed by atoms with Crippen LogP contribution in [0.25, 0.3) is 0 Å². The standard InChI is InChI=1S/C16H12Cl2N6O2/c17-10-6-11(18)8-13(7-10)21-15-14(24(25)26)16(20-9-19-15)23-22-12-4-2-1-3-5-12/h1-9,22H,(H2,19,20,21,23). The molecule has 0 bridgehead atoms. The average Bonchev–Trinajstić information content (AvgIpc) is 2.60. The second-order valence-electron chi connectivity index (χ2n) is 5.08. The van der Waals surface area contributed by atoms with Crippen molar-refractivity contribution in [1.82, 2.24) is 9.97 Å². The predicted molar refractivity (Wildman–Crippen MR) is 102 cm³/mol. The fourth-order valence-corrected chi connectivity index (χ4v) is 2.68. The molecule has 0 amide bonds. The minimum atomic E-state index is -0.580. The van der Waals surface area contributed by atoms with Crippen LogP contribution in [-0.2, 0) is 0 Å². The van der Waals surface area contributed by atoms with Crippen LogP contribution >= 0.6 is 23.2 Å². The number of halogens is 2. The number of nitrogens with zero attached hydrogens (tertiary/aromatic N) is 3. The molecule has 3 aromatic rings. The van der Waals surface area contributed by atoms with Gasteiger partial charge in [0.05, 0.1) is 10.6 Å². The number of benzene rings is 2. The van der Waals surface area contributed by atoms with Gasteiger partial charge in [-0.3, -0.25) is 21.0 Å². The molecule has 132 valence electrons. The number of nitro groups is 1. The van der Waals surface area contributed by atoms with E-state index in [1.54, 1.807) is 30.3 Å². The summed E-state index contributed by atoms with van der Waals surface area (Å²) in [4.78, 5) is 18.9. The zero-order valence-electron chi connectivity index (χ0n) is 13.1. The Hall–Kier alpha value is -3.10. The van der Waals surface area contributed by atoms with Crippen molar-refractivity contribution in [3.05, 3.63) is 75.0 Å². The van der Waals surface area contributed by atoms with Gasteiger partial charge in [0.15, 0.2) is 0 Å². The first-order valence-electron chi connectivity index (χ1n) is 7.32. The van der Waals surface area contributed by atoms with E-state index in [4.69, 9.17) is 23.2 Å². The highest BCUT2D eigenvalue weighted by molar-refractivity contribution is 6.35. The van der Waals surface area contributed by atoms with Crippen molar-refractivity contribution < 1.29 is 4.92 Å². The van der Waals surface area contributed by atoms with E-state index in [2.05, 4.69) is 26.1 Å². The molecule has 8 nitrogen and oxygen atoms in total. The maximum absolute atomic E-state index is 11.5. The average molecular weight is 391 g/mol. The summed E-state index contributed by atoms with van der Waals surface area (Å²) in [6.07, 6.45) is 1.20. The molecule has 0 aliphatic rings. The molecule has 0 spiro atoms. The summed E-state index contributed by atoms with van der Waals surface area (Å²) >= 11 is 11.9. The number of aromatic nitrogens is 2. The van der Waals surface area contributed by atoms with E-state index in [1.807, 2.05) is 18.2 Å². The van der Waals surface area contributed by atoms with Gasteiger partial charge in [-0.25, -0.2) is 9.97 Å². The second-order valence-corrected chi connectivity index (χ2v) is 5.95. The fraction of sp³-hybridized carbons (Fsp3) is 0. The van der Waals surface area contributed by atoms with Crippen LogP contribution < -0.4 is 16.2 Å². The maximum atomic E-state index is 11.5. The van der Waals surface area contributed by atoms with Crippen molar-refractivity contribution >= 4 is 51.9 Å². The van der Waals surface area contributed by atoms with Crippen molar-refractivity contribution in [3.8, 4) is 0 Å². The molecule has 0 radical (unpaired) electrons. The molecule has 0 saturated carbocycles. The SMILES string of the molecule is O=[N+]([O-])c1c(NNc2ccccc2)ncnc1Nc1cc(Cl)cc(Cl)c1. The number of para-hydroxylation sites is 1. The van der Waals surface area contributed by atoms with Crippen molar-refractivity contribution in [2.24, 2.45) is 0 Å². The number of hydrazine groups is 1. The van der Waals surface area contributed by atoms with Gasteiger partial charge in [-0.1, -0.05) is 41.4 Å². The van der Waals surface area contributed by atoms with Crippen molar-refractivity contribution in [3.63, 3.8) is 0 Å². The van der Waals surface area contributed by atoms with Gasteiger partial charge in [0.25, 0.3) is 0 Å². The Bertz CT molecular complexity index is 919. The van der Waals surface area contributed by atoms with E-state index in [-0.39, 0.29) is 17.3 Å². The van der Waals surface area contributed by atoms with E-state index >= 15 is 0 Å². The van der Waals surface area contributed by atoms with Gasteiger partial charge in [0.2, 0.25) is 11.6 Å². The highest BCUT2D eigenvalue weighted by Crippen LogP contribution is 2.32. The lowest BCUT2D eigenvalue weighted by atomic mass is 10.3. The lowest BCUT2D eigenvalue weighted by molar-refractivity contribution is -0.383. The number of hydrogen-bond acceptors (Lipinski definition) is 7. The van der Waals surface area contributed by atoms with Crippen LogP contribution in [0.4, 0.5) is 28.7 Å². The third kappa shape index (κ3) is 4.29. The molecule has 2 aromatic carbocycles. The normalized spacial score (nSPS) is 10.2. The van der Waals surface area contributed by atoms with Gasteiger partial charge >= 0.3 is 5.69 Å². The lowest BCUT2D eigenvalue weighted by Gasteiger charge is -2.12. The highest BCUT2D eigenvalue weighted by Gasteiger charge is 2.23. The first kappa shape index (κ1) is 17.7. The first-order chi connectivity index (χ1) is 12.5. The molecule has 0 aliphatic carbocycles. The van der Waals surface area contributed by atoms with Gasteiger partial charge in [-0.15, -0.1) is 0 Å². The molecule has 0 aliphatic heterocycles. The molecular weight excluding hydrogens is 379 g/mol. The van der Waals surface area contributed by atoms with E-state index in [1.165, 1.54) is 6.33 Å².